The Balaban J connectivity index is 1.41. The van der Waals surface area contributed by atoms with Crippen molar-refractivity contribution in [1.82, 2.24) is 25.2 Å². The summed E-state index contributed by atoms with van der Waals surface area (Å²) in [5.74, 6) is 0. The van der Waals surface area contributed by atoms with Gasteiger partial charge < -0.3 is 15.0 Å². The van der Waals surface area contributed by atoms with Gasteiger partial charge in [-0.1, -0.05) is 5.21 Å². The van der Waals surface area contributed by atoms with E-state index in [1.165, 1.54) is 0 Å². The fourth-order valence-electron chi connectivity index (χ4n) is 3.23. The maximum absolute atomic E-state index is 12.3. The molecule has 2 saturated heterocycles. The predicted octanol–water partition coefficient (Wildman–Crippen LogP) is 1.02. The normalized spacial score (nSPS) is 25.4. The molecule has 1 aromatic rings. The highest BCUT2D eigenvalue weighted by Crippen LogP contribution is 2.27. The van der Waals surface area contributed by atoms with Crippen molar-refractivity contribution in [1.29, 1.82) is 0 Å². The van der Waals surface area contributed by atoms with Crippen molar-refractivity contribution in [3.63, 3.8) is 0 Å². The van der Waals surface area contributed by atoms with E-state index in [-0.39, 0.29) is 18.2 Å². The Bertz CT molecular complexity index is 444. The number of ether oxygens (including phenoxy) is 1. The lowest BCUT2D eigenvalue weighted by Gasteiger charge is -2.29. The summed E-state index contributed by atoms with van der Waals surface area (Å²) in [6, 6.07) is 0.314. The van der Waals surface area contributed by atoms with Gasteiger partial charge in [-0.25, -0.2) is 4.79 Å². The predicted molar refractivity (Wildman–Crippen MR) is 76.7 cm³/mol. The molecule has 0 aromatic carbocycles. The Morgan fingerprint density at radius 2 is 2.33 bits per heavy atom. The monoisotopic (exact) mass is 293 g/mol. The molecule has 0 saturated carbocycles. The van der Waals surface area contributed by atoms with Gasteiger partial charge in [0.25, 0.3) is 0 Å². The van der Waals surface area contributed by atoms with E-state index in [0.717, 1.165) is 51.8 Å². The maximum Gasteiger partial charge on any atom is 0.317 e. The van der Waals surface area contributed by atoms with E-state index in [1.54, 1.807) is 10.9 Å². The quantitative estimate of drug-likeness (QED) is 0.823. The third-order valence-corrected chi connectivity index (χ3v) is 4.27. The zero-order chi connectivity index (χ0) is 14.5. The van der Waals surface area contributed by atoms with Crippen molar-refractivity contribution in [3.05, 3.63) is 12.4 Å². The molecular weight excluding hydrogens is 270 g/mol. The van der Waals surface area contributed by atoms with Crippen molar-refractivity contribution in [2.45, 2.75) is 50.8 Å². The number of urea groups is 1. The molecule has 0 aliphatic carbocycles. The van der Waals surface area contributed by atoms with Crippen LogP contribution in [-0.2, 0) is 11.3 Å². The molecule has 2 aliphatic heterocycles. The summed E-state index contributed by atoms with van der Waals surface area (Å²) in [6.07, 6.45) is 8.94. The second-order valence-corrected chi connectivity index (χ2v) is 5.71. The number of hydrogen-bond donors (Lipinski definition) is 1. The van der Waals surface area contributed by atoms with Gasteiger partial charge in [0.2, 0.25) is 0 Å². The summed E-state index contributed by atoms with van der Waals surface area (Å²) < 4.78 is 7.53. The molecule has 7 heteroatoms. The van der Waals surface area contributed by atoms with E-state index >= 15 is 0 Å². The molecule has 0 spiro atoms. The SMILES string of the molecule is O=C(NCCCn1ccnn1)N1CCC[C@@H]1[C@@H]1CCCO1. The number of hydrogen-bond acceptors (Lipinski definition) is 4. The number of nitrogens with one attached hydrogen (secondary N) is 1. The number of rotatable bonds is 5. The number of aryl methyl sites for hydroxylation is 1. The van der Waals surface area contributed by atoms with Crippen molar-refractivity contribution < 1.29 is 9.53 Å². The van der Waals surface area contributed by atoms with E-state index in [9.17, 15) is 4.79 Å². The van der Waals surface area contributed by atoms with Gasteiger partial charge >= 0.3 is 6.03 Å². The molecule has 21 heavy (non-hydrogen) atoms. The Morgan fingerprint density at radius 3 is 3.10 bits per heavy atom. The van der Waals surface area contributed by atoms with Crippen LogP contribution in [0.1, 0.15) is 32.1 Å². The third kappa shape index (κ3) is 3.53. The van der Waals surface area contributed by atoms with Gasteiger partial charge in [-0.15, -0.1) is 5.10 Å². The second kappa shape index (κ2) is 6.89. The third-order valence-electron chi connectivity index (χ3n) is 4.27. The summed E-state index contributed by atoms with van der Waals surface area (Å²) in [5.41, 5.74) is 0. The molecule has 0 radical (unpaired) electrons. The van der Waals surface area contributed by atoms with Gasteiger partial charge in [-0.3, -0.25) is 4.68 Å². The molecule has 0 unspecified atom stereocenters. The lowest BCUT2D eigenvalue weighted by atomic mass is 10.1. The van der Waals surface area contributed by atoms with Crippen LogP contribution < -0.4 is 5.32 Å². The summed E-state index contributed by atoms with van der Waals surface area (Å²) >= 11 is 0. The molecule has 2 atom stereocenters. The molecule has 7 nitrogen and oxygen atoms in total. The smallest absolute Gasteiger partial charge is 0.317 e. The van der Waals surface area contributed by atoms with E-state index < -0.39 is 0 Å². The van der Waals surface area contributed by atoms with Crippen LogP contribution in [-0.4, -0.2) is 57.8 Å². The highest BCUT2D eigenvalue weighted by molar-refractivity contribution is 5.74. The molecule has 1 aromatic heterocycles. The minimum Gasteiger partial charge on any atom is -0.376 e. The standard InChI is InChI=1S/C14H23N5O2/c20-14(15-6-3-8-18-10-7-16-17-18)19-9-1-4-12(19)13-5-2-11-21-13/h7,10,12-13H,1-6,8-9,11H2,(H,15,20)/t12-,13+/m1/s1. The number of amides is 2. The molecule has 3 heterocycles. The zero-order valence-corrected chi connectivity index (χ0v) is 12.3. The van der Waals surface area contributed by atoms with Crippen molar-refractivity contribution in [2.24, 2.45) is 0 Å². The first-order valence-electron chi connectivity index (χ1n) is 7.85. The highest BCUT2D eigenvalue weighted by atomic mass is 16.5. The average molecular weight is 293 g/mol. The number of carbonyl (C=O) groups is 1. The first-order valence-corrected chi connectivity index (χ1v) is 7.85. The molecule has 3 rings (SSSR count). The van der Waals surface area contributed by atoms with Crippen LogP contribution in [0.25, 0.3) is 0 Å². The number of nitrogens with zero attached hydrogens (tertiary/aromatic N) is 4. The van der Waals surface area contributed by atoms with Crippen molar-refractivity contribution in [3.8, 4) is 0 Å². The first-order chi connectivity index (χ1) is 10.3. The Kier molecular flexibility index (Phi) is 4.69. The van der Waals surface area contributed by atoms with Crippen LogP contribution in [0.15, 0.2) is 12.4 Å². The fraction of sp³-hybridized carbons (Fsp3) is 0.786. The fourth-order valence-corrected chi connectivity index (χ4v) is 3.23. The number of aromatic nitrogens is 3. The Morgan fingerprint density at radius 1 is 1.38 bits per heavy atom. The molecular formula is C14H23N5O2. The van der Waals surface area contributed by atoms with Gasteiger partial charge in [0, 0.05) is 32.4 Å². The number of carbonyl (C=O) groups excluding carboxylic acids is 1. The van der Waals surface area contributed by atoms with Crippen LogP contribution >= 0.6 is 0 Å². The zero-order valence-electron chi connectivity index (χ0n) is 12.3. The largest absolute Gasteiger partial charge is 0.376 e. The lowest BCUT2D eigenvalue weighted by molar-refractivity contribution is 0.0521. The van der Waals surface area contributed by atoms with Gasteiger partial charge in [0.1, 0.15) is 0 Å². The van der Waals surface area contributed by atoms with Gasteiger partial charge in [0.05, 0.1) is 18.3 Å². The maximum atomic E-state index is 12.3. The minimum absolute atomic E-state index is 0.0478. The first kappa shape index (κ1) is 14.3. The van der Waals surface area contributed by atoms with E-state index in [0.29, 0.717) is 6.54 Å². The average Bonchev–Trinajstić information content (AvgIpc) is 3.24. The molecule has 2 amide bonds. The lowest BCUT2D eigenvalue weighted by Crippen LogP contribution is -2.47. The van der Waals surface area contributed by atoms with Gasteiger partial charge in [-0.2, -0.15) is 0 Å². The summed E-state index contributed by atoms with van der Waals surface area (Å²) in [7, 11) is 0. The van der Waals surface area contributed by atoms with E-state index in [1.807, 2.05) is 11.1 Å². The van der Waals surface area contributed by atoms with Crippen molar-refractivity contribution in [2.75, 3.05) is 19.7 Å². The Labute approximate surface area is 124 Å². The Hall–Kier alpha value is -1.63. The van der Waals surface area contributed by atoms with Crippen molar-refractivity contribution >= 4 is 6.03 Å². The van der Waals surface area contributed by atoms with Crippen LogP contribution in [0, 0.1) is 0 Å². The number of likely N-dealkylation sites (tertiary alicyclic amines) is 1. The van der Waals surface area contributed by atoms with Crippen LogP contribution in [0.2, 0.25) is 0 Å². The molecule has 2 fully saturated rings. The summed E-state index contributed by atoms with van der Waals surface area (Å²) in [5, 5.41) is 10.7. The minimum atomic E-state index is 0.0478. The topological polar surface area (TPSA) is 72.3 Å². The summed E-state index contributed by atoms with van der Waals surface area (Å²) in [4.78, 5) is 14.3. The second-order valence-electron chi connectivity index (χ2n) is 5.71. The summed E-state index contributed by atoms with van der Waals surface area (Å²) in [6.45, 7) is 3.12. The van der Waals surface area contributed by atoms with Crippen LogP contribution in [0.3, 0.4) is 0 Å². The van der Waals surface area contributed by atoms with Gasteiger partial charge in [-0.05, 0) is 32.1 Å². The van der Waals surface area contributed by atoms with E-state index in [2.05, 4.69) is 15.6 Å². The molecule has 0 bridgehead atoms. The molecule has 2 aliphatic rings. The van der Waals surface area contributed by atoms with Crippen LogP contribution in [0.5, 0.6) is 0 Å². The van der Waals surface area contributed by atoms with Crippen LogP contribution in [0.4, 0.5) is 4.79 Å². The molecule has 116 valence electrons. The highest BCUT2D eigenvalue weighted by Gasteiger charge is 2.36. The van der Waals surface area contributed by atoms with Gasteiger partial charge in [0.15, 0.2) is 0 Å². The molecule has 1 N–H and O–H groups in total. The van der Waals surface area contributed by atoms with E-state index in [4.69, 9.17) is 4.74 Å².